The van der Waals surface area contributed by atoms with Crippen molar-refractivity contribution in [3.63, 3.8) is 0 Å². The highest BCUT2D eigenvalue weighted by Gasteiger charge is 2.53. The molecule has 4 heteroatoms. The van der Waals surface area contributed by atoms with E-state index in [9.17, 15) is 14.7 Å². The summed E-state index contributed by atoms with van der Waals surface area (Å²) in [6.45, 7) is 5.82. The smallest absolute Gasteiger partial charge is 0.236 e. The molecule has 16 heavy (non-hydrogen) atoms. The maximum atomic E-state index is 12.2. The van der Waals surface area contributed by atoms with Gasteiger partial charge in [0.15, 0.2) is 0 Å². The van der Waals surface area contributed by atoms with Crippen molar-refractivity contribution in [3.05, 3.63) is 0 Å². The van der Waals surface area contributed by atoms with Gasteiger partial charge in [-0.25, -0.2) is 0 Å². The molecule has 0 bridgehead atoms. The van der Waals surface area contributed by atoms with Crippen molar-refractivity contribution in [2.24, 2.45) is 11.3 Å². The van der Waals surface area contributed by atoms with Crippen LogP contribution in [0.15, 0.2) is 0 Å². The lowest BCUT2D eigenvalue weighted by atomic mass is 9.77. The highest BCUT2D eigenvalue weighted by atomic mass is 16.3. The standard InChI is InChI=1S/C12H19NO3/c1-7(2)12(3)6-10(15)13(11(12)16)8-4-9(14)5-8/h7-9,14H,4-6H2,1-3H3. The number of hydrogen-bond donors (Lipinski definition) is 1. The summed E-state index contributed by atoms with van der Waals surface area (Å²) in [6.07, 6.45) is 1.07. The van der Waals surface area contributed by atoms with Gasteiger partial charge in [-0.1, -0.05) is 13.8 Å². The van der Waals surface area contributed by atoms with E-state index in [1.54, 1.807) is 0 Å². The first kappa shape index (κ1) is 11.6. The minimum Gasteiger partial charge on any atom is -0.393 e. The second-order valence-corrected chi connectivity index (χ2v) is 5.60. The maximum Gasteiger partial charge on any atom is 0.236 e. The summed E-state index contributed by atoms with van der Waals surface area (Å²) in [6, 6.07) is -0.0597. The number of likely N-dealkylation sites (tertiary alicyclic amines) is 1. The number of nitrogens with zero attached hydrogens (tertiary/aromatic N) is 1. The quantitative estimate of drug-likeness (QED) is 0.711. The molecule has 1 saturated heterocycles. The molecular weight excluding hydrogens is 206 g/mol. The Hall–Kier alpha value is -0.900. The molecule has 1 unspecified atom stereocenters. The predicted molar refractivity (Wildman–Crippen MR) is 58.4 cm³/mol. The van der Waals surface area contributed by atoms with Crippen LogP contribution in [0.3, 0.4) is 0 Å². The van der Waals surface area contributed by atoms with E-state index in [0.29, 0.717) is 19.3 Å². The monoisotopic (exact) mass is 225 g/mol. The van der Waals surface area contributed by atoms with Crippen molar-refractivity contribution in [2.75, 3.05) is 0 Å². The van der Waals surface area contributed by atoms with Crippen LogP contribution in [0.2, 0.25) is 0 Å². The Kier molecular flexibility index (Phi) is 2.57. The number of imide groups is 1. The minimum absolute atomic E-state index is 0.0515. The highest BCUT2D eigenvalue weighted by molar-refractivity contribution is 6.06. The van der Waals surface area contributed by atoms with Crippen LogP contribution < -0.4 is 0 Å². The van der Waals surface area contributed by atoms with Crippen LogP contribution >= 0.6 is 0 Å². The van der Waals surface area contributed by atoms with E-state index in [1.807, 2.05) is 20.8 Å². The molecule has 4 nitrogen and oxygen atoms in total. The molecule has 1 heterocycles. The molecule has 1 saturated carbocycles. The number of rotatable bonds is 2. The van der Waals surface area contributed by atoms with E-state index < -0.39 is 5.41 Å². The van der Waals surface area contributed by atoms with Crippen LogP contribution in [0.25, 0.3) is 0 Å². The molecule has 2 aliphatic rings. The molecular formula is C12H19NO3. The van der Waals surface area contributed by atoms with Gasteiger partial charge >= 0.3 is 0 Å². The first-order valence-electron chi connectivity index (χ1n) is 5.91. The van der Waals surface area contributed by atoms with Gasteiger partial charge in [-0.15, -0.1) is 0 Å². The number of aliphatic hydroxyl groups excluding tert-OH is 1. The van der Waals surface area contributed by atoms with Gasteiger partial charge in [-0.05, 0) is 25.7 Å². The lowest BCUT2D eigenvalue weighted by molar-refractivity contribution is -0.149. The Morgan fingerprint density at radius 3 is 2.31 bits per heavy atom. The summed E-state index contributed by atoms with van der Waals surface area (Å²) in [5.74, 6) is 0.0430. The van der Waals surface area contributed by atoms with Crippen molar-refractivity contribution in [2.45, 2.75) is 52.2 Å². The fraction of sp³-hybridized carbons (Fsp3) is 0.833. The SMILES string of the molecule is CC(C)C1(C)CC(=O)N(C2CC(O)C2)C1=O. The Balaban J connectivity index is 2.17. The van der Waals surface area contributed by atoms with E-state index in [2.05, 4.69) is 0 Å². The van der Waals surface area contributed by atoms with E-state index in [1.165, 1.54) is 4.90 Å². The molecule has 1 N–H and O–H groups in total. The molecule has 2 rings (SSSR count). The second-order valence-electron chi connectivity index (χ2n) is 5.60. The maximum absolute atomic E-state index is 12.2. The summed E-state index contributed by atoms with van der Waals surface area (Å²) in [5, 5.41) is 9.24. The fourth-order valence-electron chi connectivity index (χ4n) is 2.45. The van der Waals surface area contributed by atoms with Crippen molar-refractivity contribution in [1.82, 2.24) is 4.90 Å². The molecule has 2 fully saturated rings. The Morgan fingerprint density at radius 1 is 1.38 bits per heavy atom. The summed E-state index contributed by atoms with van der Waals surface area (Å²) in [5.41, 5.74) is -0.544. The number of aliphatic hydroxyl groups is 1. The number of hydrogen-bond acceptors (Lipinski definition) is 3. The van der Waals surface area contributed by atoms with Gasteiger partial charge in [-0.2, -0.15) is 0 Å². The number of amides is 2. The summed E-state index contributed by atoms with van der Waals surface area (Å²) < 4.78 is 0. The van der Waals surface area contributed by atoms with Crippen LogP contribution in [-0.4, -0.2) is 34.0 Å². The molecule has 0 spiro atoms. The number of carbonyl (C=O) groups is 2. The predicted octanol–water partition coefficient (Wildman–Crippen LogP) is 0.931. The Labute approximate surface area is 95.6 Å². The van der Waals surface area contributed by atoms with Crippen molar-refractivity contribution in [1.29, 1.82) is 0 Å². The molecule has 1 atom stereocenters. The first-order chi connectivity index (χ1) is 7.36. The van der Waals surface area contributed by atoms with Crippen LogP contribution in [0.5, 0.6) is 0 Å². The first-order valence-corrected chi connectivity index (χ1v) is 5.91. The third kappa shape index (κ3) is 1.47. The van der Waals surface area contributed by atoms with E-state index >= 15 is 0 Å². The van der Waals surface area contributed by atoms with Gasteiger partial charge in [0, 0.05) is 12.5 Å². The zero-order chi connectivity index (χ0) is 12.1. The zero-order valence-corrected chi connectivity index (χ0v) is 10.1. The van der Waals surface area contributed by atoms with Crippen molar-refractivity contribution >= 4 is 11.8 Å². The van der Waals surface area contributed by atoms with Gasteiger partial charge in [0.05, 0.1) is 11.5 Å². The molecule has 90 valence electrons. The molecule has 0 aromatic heterocycles. The van der Waals surface area contributed by atoms with Crippen LogP contribution in [0, 0.1) is 11.3 Å². The van der Waals surface area contributed by atoms with Gasteiger partial charge in [0.2, 0.25) is 11.8 Å². The van der Waals surface area contributed by atoms with Gasteiger partial charge in [0.25, 0.3) is 0 Å². The van der Waals surface area contributed by atoms with Gasteiger partial charge in [0.1, 0.15) is 0 Å². The van der Waals surface area contributed by atoms with E-state index in [0.717, 1.165) is 0 Å². The van der Waals surface area contributed by atoms with Crippen LogP contribution in [0.1, 0.15) is 40.0 Å². The molecule has 0 aromatic carbocycles. The topological polar surface area (TPSA) is 57.6 Å². The van der Waals surface area contributed by atoms with Crippen molar-refractivity contribution < 1.29 is 14.7 Å². The molecule has 1 aliphatic heterocycles. The molecule has 0 aromatic rings. The molecule has 1 aliphatic carbocycles. The Bertz CT molecular complexity index is 333. The lowest BCUT2D eigenvalue weighted by Crippen LogP contribution is -2.51. The van der Waals surface area contributed by atoms with Gasteiger partial charge in [-0.3, -0.25) is 14.5 Å². The van der Waals surface area contributed by atoms with Crippen LogP contribution in [-0.2, 0) is 9.59 Å². The molecule has 0 radical (unpaired) electrons. The minimum atomic E-state index is -0.544. The summed E-state index contributed by atoms with van der Waals surface area (Å²) >= 11 is 0. The zero-order valence-electron chi connectivity index (χ0n) is 10.1. The normalized spacial score (nSPS) is 39.4. The second kappa shape index (κ2) is 3.55. The average Bonchev–Trinajstić information content (AvgIpc) is 2.35. The summed E-state index contributed by atoms with van der Waals surface area (Å²) in [4.78, 5) is 25.5. The average molecular weight is 225 g/mol. The van der Waals surface area contributed by atoms with Crippen LogP contribution in [0.4, 0.5) is 0 Å². The molecule has 2 amide bonds. The lowest BCUT2D eigenvalue weighted by Gasteiger charge is -2.38. The van der Waals surface area contributed by atoms with Crippen molar-refractivity contribution in [3.8, 4) is 0 Å². The third-order valence-electron chi connectivity index (χ3n) is 4.22. The van der Waals surface area contributed by atoms with E-state index in [-0.39, 0.29) is 29.9 Å². The Morgan fingerprint density at radius 2 is 1.94 bits per heavy atom. The third-order valence-corrected chi connectivity index (χ3v) is 4.22. The number of carbonyl (C=O) groups excluding carboxylic acids is 2. The summed E-state index contributed by atoms with van der Waals surface area (Å²) in [7, 11) is 0. The largest absolute Gasteiger partial charge is 0.393 e. The highest BCUT2D eigenvalue weighted by Crippen LogP contribution is 2.42. The van der Waals surface area contributed by atoms with Gasteiger partial charge < -0.3 is 5.11 Å². The van der Waals surface area contributed by atoms with E-state index in [4.69, 9.17) is 0 Å². The fourth-order valence-corrected chi connectivity index (χ4v) is 2.45.